The molecule has 1 N–H and O–H groups in total. The second kappa shape index (κ2) is 6.62. The van der Waals surface area contributed by atoms with Gasteiger partial charge in [-0.25, -0.2) is 0 Å². The molecule has 0 radical (unpaired) electrons. The van der Waals surface area contributed by atoms with E-state index in [9.17, 15) is 4.79 Å². The molecule has 1 unspecified atom stereocenters. The number of carbonyl (C=O) groups excluding carboxylic acids is 1. The molecule has 1 aromatic heterocycles. The fourth-order valence-corrected chi connectivity index (χ4v) is 2.08. The third-order valence-electron chi connectivity index (χ3n) is 1.81. The summed E-state index contributed by atoms with van der Waals surface area (Å²) in [5.41, 5.74) is 0. The van der Waals surface area contributed by atoms with E-state index < -0.39 is 6.29 Å². The third-order valence-corrected chi connectivity index (χ3v) is 2.87. The van der Waals surface area contributed by atoms with Crippen molar-refractivity contribution >= 4 is 17.3 Å². The minimum absolute atomic E-state index is 0.215. The van der Waals surface area contributed by atoms with E-state index in [1.54, 1.807) is 13.8 Å². The van der Waals surface area contributed by atoms with Crippen molar-refractivity contribution in [1.29, 1.82) is 0 Å². The molecule has 0 saturated carbocycles. The van der Waals surface area contributed by atoms with Gasteiger partial charge >= 0.3 is 5.97 Å². The smallest absolute Gasteiger partial charge is 0.311 e. The first-order valence-corrected chi connectivity index (χ1v) is 5.96. The highest BCUT2D eigenvalue weighted by Gasteiger charge is 2.07. The molecule has 0 spiro atoms. The van der Waals surface area contributed by atoms with Crippen molar-refractivity contribution < 1.29 is 19.4 Å². The van der Waals surface area contributed by atoms with Gasteiger partial charge in [0.15, 0.2) is 6.29 Å². The quantitative estimate of drug-likeness (QED) is 0.611. The van der Waals surface area contributed by atoms with E-state index in [0.29, 0.717) is 19.6 Å². The molecule has 1 aromatic rings. The lowest BCUT2D eigenvalue weighted by atomic mass is 10.3. The number of carbonyl (C=O) groups is 1. The third kappa shape index (κ3) is 4.74. The largest absolute Gasteiger partial charge is 0.466 e. The van der Waals surface area contributed by atoms with Gasteiger partial charge in [-0.3, -0.25) is 4.79 Å². The molecule has 16 heavy (non-hydrogen) atoms. The fraction of sp³-hybridized carbons (Fsp3) is 0.545. The average molecular weight is 244 g/mol. The van der Waals surface area contributed by atoms with E-state index >= 15 is 0 Å². The van der Waals surface area contributed by atoms with Gasteiger partial charge in [-0.2, -0.15) is 0 Å². The number of thiophene rings is 1. The van der Waals surface area contributed by atoms with E-state index in [1.807, 2.05) is 12.1 Å². The van der Waals surface area contributed by atoms with Crippen LogP contribution in [0.4, 0.5) is 0 Å². The summed E-state index contributed by atoms with van der Waals surface area (Å²) in [6.45, 7) is 4.12. The van der Waals surface area contributed by atoms with Crippen LogP contribution < -0.4 is 0 Å². The monoisotopic (exact) mass is 244 g/mol. The maximum Gasteiger partial charge on any atom is 0.311 e. The first kappa shape index (κ1) is 13.2. The van der Waals surface area contributed by atoms with Gasteiger partial charge in [0.05, 0.1) is 19.6 Å². The normalized spacial score (nSPS) is 12.4. The lowest BCUT2D eigenvalue weighted by molar-refractivity contribution is -0.142. The molecular formula is C11H16O4S. The molecular weight excluding hydrogens is 228 g/mol. The Balaban J connectivity index is 2.42. The average Bonchev–Trinajstić information content (AvgIpc) is 2.63. The predicted molar refractivity (Wildman–Crippen MR) is 61.1 cm³/mol. The van der Waals surface area contributed by atoms with Crippen molar-refractivity contribution in [2.45, 2.75) is 33.2 Å². The Bertz CT molecular complexity index is 332. The summed E-state index contributed by atoms with van der Waals surface area (Å²) in [5, 5.41) is 8.94. The summed E-state index contributed by atoms with van der Waals surface area (Å²) in [6, 6.07) is 3.77. The number of hydrogen-bond acceptors (Lipinski definition) is 5. The van der Waals surface area contributed by atoms with E-state index in [0.717, 1.165) is 9.75 Å². The van der Waals surface area contributed by atoms with Gasteiger partial charge < -0.3 is 14.6 Å². The lowest BCUT2D eigenvalue weighted by Crippen LogP contribution is -2.06. The lowest BCUT2D eigenvalue weighted by Gasteiger charge is -2.03. The summed E-state index contributed by atoms with van der Waals surface area (Å²) < 4.78 is 9.89. The van der Waals surface area contributed by atoms with Crippen molar-refractivity contribution in [1.82, 2.24) is 0 Å². The fourth-order valence-electron chi connectivity index (χ4n) is 1.15. The second-order valence-electron chi connectivity index (χ2n) is 3.26. The van der Waals surface area contributed by atoms with Crippen LogP contribution in [-0.2, 0) is 27.3 Å². The van der Waals surface area contributed by atoms with Crippen LogP contribution in [-0.4, -0.2) is 24.0 Å². The van der Waals surface area contributed by atoms with E-state index in [4.69, 9.17) is 14.6 Å². The topological polar surface area (TPSA) is 55.8 Å². The number of rotatable bonds is 6. The Hall–Kier alpha value is -0.910. The zero-order valence-corrected chi connectivity index (χ0v) is 10.3. The summed E-state index contributed by atoms with van der Waals surface area (Å²) in [6.07, 6.45) is -0.469. The molecule has 0 saturated heterocycles. The van der Waals surface area contributed by atoms with Gasteiger partial charge in [0, 0.05) is 9.75 Å². The number of aliphatic hydroxyl groups is 1. The van der Waals surface area contributed by atoms with Crippen LogP contribution in [0, 0.1) is 0 Å². The van der Waals surface area contributed by atoms with Gasteiger partial charge in [0.2, 0.25) is 0 Å². The SMILES string of the molecule is CCOC(=O)Cc1ccc(COC(C)O)s1. The maximum absolute atomic E-state index is 11.2. The first-order valence-electron chi connectivity index (χ1n) is 5.14. The number of ether oxygens (including phenoxy) is 2. The Labute approximate surface area is 98.8 Å². The molecule has 1 atom stereocenters. The predicted octanol–water partition coefficient (Wildman–Crippen LogP) is 1.71. The van der Waals surface area contributed by atoms with Gasteiger partial charge in [-0.1, -0.05) is 0 Å². The zero-order valence-electron chi connectivity index (χ0n) is 9.43. The highest BCUT2D eigenvalue weighted by Crippen LogP contribution is 2.18. The molecule has 0 fully saturated rings. The van der Waals surface area contributed by atoms with Crippen LogP contribution in [0.25, 0.3) is 0 Å². The number of esters is 1. The number of hydrogen-bond donors (Lipinski definition) is 1. The van der Waals surface area contributed by atoms with Crippen LogP contribution in [0.5, 0.6) is 0 Å². The highest BCUT2D eigenvalue weighted by molar-refractivity contribution is 7.12. The van der Waals surface area contributed by atoms with Crippen molar-refractivity contribution in [2.75, 3.05) is 6.61 Å². The zero-order chi connectivity index (χ0) is 12.0. The van der Waals surface area contributed by atoms with Crippen molar-refractivity contribution in [2.24, 2.45) is 0 Å². The van der Waals surface area contributed by atoms with Crippen LogP contribution in [0.1, 0.15) is 23.6 Å². The molecule has 4 nitrogen and oxygen atoms in total. The van der Waals surface area contributed by atoms with Crippen LogP contribution in [0.2, 0.25) is 0 Å². The first-order chi connectivity index (χ1) is 7.61. The molecule has 0 aliphatic heterocycles. The van der Waals surface area contributed by atoms with Gasteiger partial charge in [0.25, 0.3) is 0 Å². The van der Waals surface area contributed by atoms with Crippen LogP contribution in [0.3, 0.4) is 0 Å². The van der Waals surface area contributed by atoms with E-state index in [2.05, 4.69) is 0 Å². The standard InChI is InChI=1S/C11H16O4S/c1-3-14-11(13)6-9-4-5-10(16-9)7-15-8(2)12/h4-5,8,12H,3,6-7H2,1-2H3. The van der Waals surface area contributed by atoms with Crippen molar-refractivity contribution in [3.8, 4) is 0 Å². The van der Waals surface area contributed by atoms with E-state index in [1.165, 1.54) is 11.3 Å². The van der Waals surface area contributed by atoms with E-state index in [-0.39, 0.29) is 5.97 Å². The summed E-state index contributed by atoms with van der Waals surface area (Å²) in [7, 11) is 0. The summed E-state index contributed by atoms with van der Waals surface area (Å²) >= 11 is 1.49. The molecule has 0 bridgehead atoms. The Kier molecular flexibility index (Phi) is 5.45. The molecule has 5 heteroatoms. The second-order valence-corrected chi connectivity index (χ2v) is 4.51. The van der Waals surface area contributed by atoms with Crippen LogP contribution in [0.15, 0.2) is 12.1 Å². The molecule has 0 aromatic carbocycles. The summed E-state index contributed by atoms with van der Waals surface area (Å²) in [5.74, 6) is -0.215. The minimum Gasteiger partial charge on any atom is -0.466 e. The Morgan fingerprint density at radius 2 is 2.19 bits per heavy atom. The molecule has 1 rings (SSSR count). The van der Waals surface area contributed by atoms with Crippen molar-refractivity contribution in [3.63, 3.8) is 0 Å². The molecule has 0 aliphatic rings. The number of aliphatic hydroxyl groups excluding tert-OH is 1. The Morgan fingerprint density at radius 1 is 1.50 bits per heavy atom. The summed E-state index contributed by atoms with van der Waals surface area (Å²) in [4.78, 5) is 13.1. The van der Waals surface area contributed by atoms with Gasteiger partial charge in [-0.15, -0.1) is 11.3 Å². The molecule has 0 aliphatic carbocycles. The molecule has 1 heterocycles. The molecule has 0 amide bonds. The van der Waals surface area contributed by atoms with Crippen LogP contribution >= 0.6 is 11.3 Å². The van der Waals surface area contributed by atoms with Crippen molar-refractivity contribution in [3.05, 3.63) is 21.9 Å². The molecule has 90 valence electrons. The minimum atomic E-state index is -0.768. The highest BCUT2D eigenvalue weighted by atomic mass is 32.1. The Morgan fingerprint density at radius 3 is 2.81 bits per heavy atom. The van der Waals surface area contributed by atoms with Gasteiger partial charge in [0.1, 0.15) is 0 Å². The maximum atomic E-state index is 11.2. The van der Waals surface area contributed by atoms with Gasteiger partial charge in [-0.05, 0) is 26.0 Å².